The zero-order chi connectivity index (χ0) is 41.7. The van der Waals surface area contributed by atoms with Gasteiger partial charge in [0.2, 0.25) is 0 Å². The van der Waals surface area contributed by atoms with Crippen molar-refractivity contribution >= 4 is 43.6 Å². The monoisotopic (exact) mass is 787 g/mol. The number of rotatable bonds is 6. The Labute approximate surface area is 358 Å². The van der Waals surface area contributed by atoms with Crippen molar-refractivity contribution < 1.29 is 0 Å². The van der Waals surface area contributed by atoms with E-state index in [1.807, 2.05) is 97.1 Å². The van der Waals surface area contributed by atoms with Crippen molar-refractivity contribution in [2.24, 2.45) is 0 Å². The van der Waals surface area contributed by atoms with E-state index in [2.05, 4.69) is 130 Å². The third-order valence-corrected chi connectivity index (χ3v) is 12.1. The molecule has 0 N–H and O–H groups in total. The molecule has 0 aliphatic rings. The molecule has 62 heavy (non-hydrogen) atoms. The second kappa shape index (κ2) is 14.7. The molecule has 0 bridgehead atoms. The second-order valence-electron chi connectivity index (χ2n) is 15.4. The van der Waals surface area contributed by atoms with Crippen molar-refractivity contribution in [2.75, 3.05) is 0 Å². The lowest BCUT2D eigenvalue weighted by Gasteiger charge is -2.18. The number of para-hydroxylation sites is 3. The van der Waals surface area contributed by atoms with Gasteiger partial charge in [0, 0.05) is 55.2 Å². The molecule has 2 heterocycles. The summed E-state index contributed by atoms with van der Waals surface area (Å²) < 4.78 is 4.67. The van der Waals surface area contributed by atoms with Crippen molar-refractivity contribution in [3.05, 3.63) is 217 Å². The molecule has 0 saturated heterocycles. The van der Waals surface area contributed by atoms with E-state index < -0.39 is 0 Å². The van der Waals surface area contributed by atoms with Crippen molar-refractivity contribution in [2.45, 2.75) is 0 Å². The van der Waals surface area contributed by atoms with Crippen molar-refractivity contribution in [1.29, 1.82) is 15.8 Å². The maximum absolute atomic E-state index is 11.0. The Balaban J connectivity index is 1.19. The van der Waals surface area contributed by atoms with E-state index in [4.69, 9.17) is 0 Å². The molecule has 11 rings (SSSR count). The maximum atomic E-state index is 11.0. The molecular weight excluding hydrogens is 755 g/mol. The first kappa shape index (κ1) is 36.2. The third-order valence-electron chi connectivity index (χ3n) is 12.1. The fourth-order valence-electron chi connectivity index (χ4n) is 9.38. The minimum Gasteiger partial charge on any atom is -0.309 e. The van der Waals surface area contributed by atoms with Gasteiger partial charge in [0.25, 0.3) is 0 Å². The van der Waals surface area contributed by atoms with Gasteiger partial charge in [-0.2, -0.15) is 15.8 Å². The lowest BCUT2D eigenvalue weighted by atomic mass is 9.83. The van der Waals surface area contributed by atoms with Gasteiger partial charge in [-0.15, -0.1) is 0 Å². The topological polar surface area (TPSA) is 81.2 Å². The number of fused-ring (bicyclic) bond motifs is 6. The minimum atomic E-state index is 0.384. The zero-order valence-electron chi connectivity index (χ0n) is 33.3. The zero-order valence-corrected chi connectivity index (χ0v) is 33.3. The third kappa shape index (κ3) is 5.60. The highest BCUT2D eigenvalue weighted by Gasteiger charge is 2.24. The highest BCUT2D eigenvalue weighted by molar-refractivity contribution is 6.22. The van der Waals surface area contributed by atoms with Crippen LogP contribution in [-0.2, 0) is 0 Å². The largest absolute Gasteiger partial charge is 0.309 e. The van der Waals surface area contributed by atoms with Gasteiger partial charge in [-0.25, -0.2) is 0 Å². The van der Waals surface area contributed by atoms with Gasteiger partial charge < -0.3 is 9.13 Å². The first-order valence-electron chi connectivity index (χ1n) is 20.4. The van der Waals surface area contributed by atoms with Crippen molar-refractivity contribution in [3.8, 4) is 74.1 Å². The Morgan fingerprint density at radius 1 is 0.323 bits per heavy atom. The predicted molar refractivity (Wildman–Crippen MR) is 251 cm³/mol. The summed E-state index contributed by atoms with van der Waals surface area (Å²) in [5.41, 5.74) is 13.8. The predicted octanol–water partition coefficient (Wildman–Crippen LogP) is 14.2. The van der Waals surface area contributed by atoms with Crippen LogP contribution in [0.5, 0.6) is 0 Å². The second-order valence-corrected chi connectivity index (χ2v) is 15.4. The highest BCUT2D eigenvalue weighted by Crippen LogP contribution is 2.45. The number of nitrogens with zero attached hydrogens (tertiary/aromatic N) is 5. The van der Waals surface area contributed by atoms with Crippen LogP contribution in [0.1, 0.15) is 16.7 Å². The minimum absolute atomic E-state index is 0.384. The quantitative estimate of drug-likeness (QED) is 0.168. The maximum Gasteiger partial charge on any atom is 0.100 e. The first-order chi connectivity index (χ1) is 30.7. The van der Waals surface area contributed by atoms with Crippen LogP contribution in [0.25, 0.3) is 99.5 Å². The van der Waals surface area contributed by atoms with Gasteiger partial charge in [0.05, 0.1) is 44.8 Å². The molecule has 0 atom stereocenters. The smallest absolute Gasteiger partial charge is 0.100 e. The number of hydrogen-bond acceptors (Lipinski definition) is 3. The Hall–Kier alpha value is -8.95. The van der Waals surface area contributed by atoms with Gasteiger partial charge in [-0.1, -0.05) is 140 Å². The highest BCUT2D eigenvalue weighted by atomic mass is 15.0. The number of aromatic nitrogens is 2. The van der Waals surface area contributed by atoms with Gasteiger partial charge in [0.15, 0.2) is 0 Å². The Kier molecular flexibility index (Phi) is 8.57. The Bertz CT molecular complexity index is 3690. The average molecular weight is 788 g/mol. The molecule has 0 spiro atoms. The van der Waals surface area contributed by atoms with Crippen molar-refractivity contribution in [3.63, 3.8) is 0 Å². The number of hydrogen-bond donors (Lipinski definition) is 0. The fraction of sp³-hybridized carbons (Fsp3) is 0. The standard InChI is InChI=1S/C57H33N5/c58-34-40-30-39(47-31-46(37-16-5-1-6-17-37)50(35-59)56(51(47)36-60)38-18-7-2-8-19-38)28-29-43(40)45-25-15-27-53-57(45)49-33-54-48(32-55(49)62(53)42-22-11-4-12-23-42)44-24-13-14-26-52(44)61(54)41-20-9-3-10-21-41/h1-33H. The van der Waals surface area contributed by atoms with Gasteiger partial charge in [0.1, 0.15) is 12.1 Å². The van der Waals surface area contributed by atoms with E-state index in [-0.39, 0.29) is 0 Å². The summed E-state index contributed by atoms with van der Waals surface area (Å²) in [6.07, 6.45) is 0. The number of nitriles is 3. The molecule has 0 aliphatic carbocycles. The molecule has 0 fully saturated rings. The van der Waals surface area contributed by atoms with Crippen LogP contribution in [-0.4, -0.2) is 9.13 Å². The molecule has 9 aromatic carbocycles. The summed E-state index contributed by atoms with van der Waals surface area (Å²) in [6.45, 7) is 0. The van der Waals surface area contributed by atoms with E-state index in [1.54, 1.807) is 0 Å². The molecule has 5 heteroatoms. The summed E-state index contributed by atoms with van der Waals surface area (Å²) >= 11 is 0. The Morgan fingerprint density at radius 2 is 0.855 bits per heavy atom. The molecule has 0 saturated carbocycles. The van der Waals surface area contributed by atoms with E-state index >= 15 is 0 Å². The molecule has 0 unspecified atom stereocenters. The molecule has 2 aromatic heterocycles. The number of benzene rings is 9. The molecule has 5 nitrogen and oxygen atoms in total. The first-order valence-corrected chi connectivity index (χ1v) is 20.4. The van der Waals surface area contributed by atoms with Crippen LogP contribution < -0.4 is 0 Å². The summed E-state index contributed by atoms with van der Waals surface area (Å²) in [5.74, 6) is 0. The van der Waals surface area contributed by atoms with E-state index in [0.717, 1.165) is 77.4 Å². The summed E-state index contributed by atoms with van der Waals surface area (Å²) in [6, 6.07) is 75.1. The molecule has 0 amide bonds. The molecule has 286 valence electrons. The lowest BCUT2D eigenvalue weighted by Crippen LogP contribution is -1.98. The average Bonchev–Trinajstić information content (AvgIpc) is 3.85. The van der Waals surface area contributed by atoms with Crippen LogP contribution in [0.15, 0.2) is 200 Å². The normalized spacial score (nSPS) is 11.2. The molecular formula is C57H33N5. The van der Waals surface area contributed by atoms with E-state index in [1.165, 1.54) is 5.39 Å². The van der Waals surface area contributed by atoms with Gasteiger partial charge in [-0.3, -0.25) is 0 Å². The van der Waals surface area contributed by atoms with Gasteiger partial charge >= 0.3 is 0 Å². The van der Waals surface area contributed by atoms with Gasteiger partial charge in [-0.05, 0) is 82.9 Å². The van der Waals surface area contributed by atoms with Crippen LogP contribution in [0, 0.1) is 34.0 Å². The Morgan fingerprint density at radius 3 is 1.50 bits per heavy atom. The summed E-state index contributed by atoms with van der Waals surface area (Å²) in [5, 5.41) is 37.0. The van der Waals surface area contributed by atoms with E-state index in [0.29, 0.717) is 33.4 Å². The van der Waals surface area contributed by atoms with Crippen LogP contribution >= 0.6 is 0 Å². The summed E-state index contributed by atoms with van der Waals surface area (Å²) in [4.78, 5) is 0. The van der Waals surface area contributed by atoms with Crippen LogP contribution in [0.2, 0.25) is 0 Å². The van der Waals surface area contributed by atoms with Crippen molar-refractivity contribution in [1.82, 2.24) is 9.13 Å². The molecule has 11 aromatic rings. The molecule has 0 radical (unpaired) electrons. The van der Waals surface area contributed by atoms with Crippen LogP contribution in [0.4, 0.5) is 0 Å². The lowest BCUT2D eigenvalue weighted by molar-refractivity contribution is 1.17. The summed E-state index contributed by atoms with van der Waals surface area (Å²) in [7, 11) is 0. The van der Waals surface area contributed by atoms with Crippen LogP contribution in [0.3, 0.4) is 0 Å². The molecule has 0 aliphatic heterocycles. The fourth-order valence-corrected chi connectivity index (χ4v) is 9.38. The van der Waals surface area contributed by atoms with E-state index in [9.17, 15) is 15.8 Å². The SMILES string of the molecule is N#Cc1cc(-c2cc(-c3ccccc3)c(C#N)c(-c3ccccc3)c2C#N)ccc1-c1cccc2c1c1cc3c(cc1n2-c1ccccc1)c1ccccc1n3-c1ccccc1.